The van der Waals surface area contributed by atoms with E-state index in [0.29, 0.717) is 5.84 Å². The first-order chi connectivity index (χ1) is 9.45. The van der Waals surface area contributed by atoms with E-state index < -0.39 is 0 Å². The molecule has 0 saturated heterocycles. The van der Waals surface area contributed by atoms with Crippen LogP contribution >= 0.6 is 0 Å². The SMILES string of the molecule is Cc1ccc(CNCCCCC(C)(C)/C(N)=N/O)cc1. The predicted octanol–water partition coefficient (Wildman–Crippen LogP) is 3.03. The largest absolute Gasteiger partial charge is 0.409 e. The van der Waals surface area contributed by atoms with Gasteiger partial charge < -0.3 is 16.3 Å². The molecule has 0 heterocycles. The summed E-state index contributed by atoms with van der Waals surface area (Å²) in [5.74, 6) is 0.310. The second-order valence-corrected chi connectivity index (χ2v) is 5.99. The molecule has 0 aliphatic rings. The first-order valence-electron chi connectivity index (χ1n) is 7.20. The molecule has 0 aliphatic heterocycles. The second-order valence-electron chi connectivity index (χ2n) is 5.99. The normalized spacial score (nSPS) is 12.7. The Morgan fingerprint density at radius 2 is 1.90 bits per heavy atom. The summed E-state index contributed by atoms with van der Waals surface area (Å²) in [6, 6.07) is 8.58. The Morgan fingerprint density at radius 3 is 2.50 bits per heavy atom. The van der Waals surface area contributed by atoms with Crippen LogP contribution in [0.1, 0.15) is 44.2 Å². The molecule has 1 rings (SSSR count). The van der Waals surface area contributed by atoms with E-state index in [1.807, 2.05) is 13.8 Å². The van der Waals surface area contributed by atoms with Crippen LogP contribution in [0, 0.1) is 12.3 Å². The highest BCUT2D eigenvalue weighted by atomic mass is 16.4. The van der Waals surface area contributed by atoms with Gasteiger partial charge in [0.2, 0.25) is 0 Å². The minimum atomic E-state index is -0.230. The number of unbranched alkanes of at least 4 members (excludes halogenated alkanes) is 1. The van der Waals surface area contributed by atoms with Gasteiger partial charge in [-0.05, 0) is 31.9 Å². The maximum atomic E-state index is 8.71. The quantitative estimate of drug-likeness (QED) is 0.225. The summed E-state index contributed by atoms with van der Waals surface area (Å²) in [6.45, 7) is 7.99. The number of nitrogens with zero attached hydrogens (tertiary/aromatic N) is 1. The van der Waals surface area contributed by atoms with E-state index in [4.69, 9.17) is 10.9 Å². The van der Waals surface area contributed by atoms with Gasteiger partial charge in [-0.15, -0.1) is 0 Å². The lowest BCUT2D eigenvalue weighted by Gasteiger charge is -2.22. The van der Waals surface area contributed by atoms with Crippen LogP contribution in [0.15, 0.2) is 29.4 Å². The Balaban J connectivity index is 2.15. The number of nitrogens with two attached hydrogens (primary N) is 1. The fraction of sp³-hybridized carbons (Fsp3) is 0.562. The van der Waals surface area contributed by atoms with Crippen LogP contribution in [0.4, 0.5) is 0 Å². The molecule has 0 aromatic heterocycles. The number of aryl methyl sites for hydroxylation is 1. The van der Waals surface area contributed by atoms with Crippen molar-refractivity contribution >= 4 is 5.84 Å². The summed E-state index contributed by atoms with van der Waals surface area (Å²) in [7, 11) is 0. The van der Waals surface area contributed by atoms with E-state index in [9.17, 15) is 0 Å². The number of benzene rings is 1. The van der Waals surface area contributed by atoms with Crippen LogP contribution < -0.4 is 11.1 Å². The first kappa shape index (κ1) is 16.5. The van der Waals surface area contributed by atoms with Gasteiger partial charge in [0.05, 0.1) is 0 Å². The standard InChI is InChI=1S/C16H27N3O/c1-13-6-8-14(9-7-13)12-18-11-5-4-10-16(2,3)15(17)19-20/h6-9,18,20H,4-5,10-12H2,1-3H3,(H2,17,19). The van der Waals surface area contributed by atoms with Crippen molar-refractivity contribution in [2.45, 2.75) is 46.6 Å². The lowest BCUT2D eigenvalue weighted by molar-refractivity contribution is 0.304. The van der Waals surface area contributed by atoms with Crippen molar-refractivity contribution in [1.82, 2.24) is 5.32 Å². The van der Waals surface area contributed by atoms with Crippen LogP contribution in [0.2, 0.25) is 0 Å². The number of nitrogens with one attached hydrogen (secondary N) is 1. The van der Waals surface area contributed by atoms with Gasteiger partial charge >= 0.3 is 0 Å². The van der Waals surface area contributed by atoms with Crippen molar-refractivity contribution in [2.75, 3.05) is 6.54 Å². The summed E-state index contributed by atoms with van der Waals surface area (Å²) in [6.07, 6.45) is 3.08. The van der Waals surface area contributed by atoms with Gasteiger partial charge in [-0.1, -0.05) is 55.3 Å². The fourth-order valence-electron chi connectivity index (χ4n) is 2.02. The van der Waals surface area contributed by atoms with Gasteiger partial charge in [-0.2, -0.15) is 0 Å². The Labute approximate surface area is 122 Å². The molecule has 0 aliphatic carbocycles. The maximum Gasteiger partial charge on any atom is 0.144 e. The molecule has 20 heavy (non-hydrogen) atoms. The molecule has 1 aromatic rings. The molecule has 4 heteroatoms. The monoisotopic (exact) mass is 277 g/mol. The molecule has 0 spiro atoms. The molecule has 0 bridgehead atoms. The predicted molar refractivity (Wildman–Crippen MR) is 83.9 cm³/mol. The zero-order valence-electron chi connectivity index (χ0n) is 12.8. The minimum Gasteiger partial charge on any atom is -0.409 e. The number of amidine groups is 1. The van der Waals surface area contributed by atoms with Crippen molar-refractivity contribution < 1.29 is 5.21 Å². The van der Waals surface area contributed by atoms with Crippen LogP contribution in [-0.4, -0.2) is 17.6 Å². The second kappa shape index (κ2) is 7.90. The van der Waals surface area contributed by atoms with Crippen molar-refractivity contribution in [3.63, 3.8) is 0 Å². The zero-order valence-corrected chi connectivity index (χ0v) is 12.8. The topological polar surface area (TPSA) is 70.6 Å². The Hall–Kier alpha value is -1.55. The molecule has 0 unspecified atom stereocenters. The molecule has 1 aromatic carbocycles. The van der Waals surface area contributed by atoms with Crippen molar-refractivity contribution in [1.29, 1.82) is 0 Å². The van der Waals surface area contributed by atoms with Crippen molar-refractivity contribution in [3.05, 3.63) is 35.4 Å². The van der Waals surface area contributed by atoms with Gasteiger partial charge in [-0.3, -0.25) is 0 Å². The maximum absolute atomic E-state index is 8.71. The van der Waals surface area contributed by atoms with Crippen LogP contribution in [0.5, 0.6) is 0 Å². The summed E-state index contributed by atoms with van der Waals surface area (Å²) in [5, 5.41) is 15.2. The molecule has 0 fully saturated rings. The smallest absolute Gasteiger partial charge is 0.144 e. The molecule has 0 atom stereocenters. The molecule has 0 saturated carbocycles. The third kappa shape index (κ3) is 5.61. The summed E-state index contributed by atoms with van der Waals surface area (Å²) >= 11 is 0. The fourth-order valence-corrected chi connectivity index (χ4v) is 2.02. The van der Waals surface area contributed by atoms with Crippen molar-refractivity contribution in [3.8, 4) is 0 Å². The average Bonchev–Trinajstić information content (AvgIpc) is 2.43. The third-order valence-corrected chi connectivity index (χ3v) is 3.66. The summed E-state index contributed by atoms with van der Waals surface area (Å²) in [4.78, 5) is 0. The summed E-state index contributed by atoms with van der Waals surface area (Å²) in [5.41, 5.74) is 8.04. The highest BCUT2D eigenvalue weighted by Crippen LogP contribution is 2.23. The van der Waals surface area contributed by atoms with Gasteiger partial charge in [0.25, 0.3) is 0 Å². The minimum absolute atomic E-state index is 0.230. The first-order valence-corrected chi connectivity index (χ1v) is 7.20. The Morgan fingerprint density at radius 1 is 1.25 bits per heavy atom. The highest BCUT2D eigenvalue weighted by molar-refractivity contribution is 5.85. The van der Waals surface area contributed by atoms with E-state index in [1.165, 1.54) is 11.1 Å². The number of hydrogen-bond acceptors (Lipinski definition) is 3. The van der Waals surface area contributed by atoms with E-state index in [1.54, 1.807) is 0 Å². The van der Waals surface area contributed by atoms with Gasteiger partial charge in [-0.25, -0.2) is 0 Å². The number of rotatable bonds is 8. The zero-order chi connectivity index (χ0) is 15.0. The number of hydrogen-bond donors (Lipinski definition) is 3. The lowest BCUT2D eigenvalue weighted by atomic mass is 9.86. The lowest BCUT2D eigenvalue weighted by Crippen LogP contribution is -2.32. The Bertz CT molecular complexity index is 424. The molecular formula is C16H27N3O. The van der Waals surface area contributed by atoms with Crippen LogP contribution in [0.25, 0.3) is 0 Å². The number of oxime groups is 1. The average molecular weight is 277 g/mol. The highest BCUT2D eigenvalue weighted by Gasteiger charge is 2.22. The molecule has 0 amide bonds. The van der Waals surface area contributed by atoms with Crippen LogP contribution in [0.3, 0.4) is 0 Å². The van der Waals surface area contributed by atoms with E-state index in [2.05, 4.69) is 41.7 Å². The van der Waals surface area contributed by atoms with E-state index in [0.717, 1.165) is 32.4 Å². The summed E-state index contributed by atoms with van der Waals surface area (Å²) < 4.78 is 0. The molecule has 4 N–H and O–H groups in total. The molecule has 112 valence electrons. The Kier molecular flexibility index (Phi) is 6.52. The molecule has 0 radical (unpaired) electrons. The van der Waals surface area contributed by atoms with E-state index in [-0.39, 0.29) is 5.41 Å². The van der Waals surface area contributed by atoms with Gasteiger partial charge in [0.15, 0.2) is 0 Å². The van der Waals surface area contributed by atoms with E-state index >= 15 is 0 Å². The molecule has 4 nitrogen and oxygen atoms in total. The van der Waals surface area contributed by atoms with Crippen molar-refractivity contribution in [2.24, 2.45) is 16.3 Å². The third-order valence-electron chi connectivity index (χ3n) is 3.66. The molecular weight excluding hydrogens is 250 g/mol. The van der Waals surface area contributed by atoms with Gasteiger partial charge in [0, 0.05) is 12.0 Å². The van der Waals surface area contributed by atoms with Gasteiger partial charge in [0.1, 0.15) is 5.84 Å². The van der Waals surface area contributed by atoms with Crippen LogP contribution in [-0.2, 0) is 6.54 Å².